The maximum absolute atomic E-state index is 9.28. The molecule has 1 heterocycles. The highest BCUT2D eigenvalue weighted by Gasteiger charge is 2.57. The molecule has 2 bridgehead atoms. The van der Waals surface area contributed by atoms with Crippen molar-refractivity contribution in [3.8, 4) is 62.5 Å². The zero-order chi connectivity index (χ0) is 31.5. The van der Waals surface area contributed by atoms with Gasteiger partial charge >= 0.3 is 0 Å². The van der Waals surface area contributed by atoms with Crippen LogP contribution in [0.5, 0.6) is 0 Å². The lowest BCUT2D eigenvalue weighted by Gasteiger charge is -2.46. The van der Waals surface area contributed by atoms with Gasteiger partial charge in [0.2, 0.25) is 0 Å². The Morgan fingerprint density at radius 2 is 1.26 bits per heavy atom. The van der Waals surface area contributed by atoms with E-state index in [1.807, 2.05) is 48.5 Å². The second kappa shape index (κ2) is 10.9. The van der Waals surface area contributed by atoms with Crippen molar-refractivity contribution >= 4 is 0 Å². The minimum atomic E-state index is 0.0302. The Labute approximate surface area is 275 Å². The molecule has 226 valence electrons. The smallest absolute Gasteiger partial charge is 0.164 e. The number of rotatable bonds is 4. The third-order valence-electron chi connectivity index (χ3n) is 11.2. The highest BCUT2D eigenvalue weighted by molar-refractivity contribution is 5.92. The van der Waals surface area contributed by atoms with E-state index >= 15 is 0 Å². The summed E-state index contributed by atoms with van der Waals surface area (Å²) >= 11 is 0. The highest BCUT2D eigenvalue weighted by atomic mass is 15.0. The fourth-order valence-corrected chi connectivity index (χ4v) is 9.26. The Balaban J connectivity index is 1.25. The molecule has 5 aromatic carbocycles. The van der Waals surface area contributed by atoms with Crippen LogP contribution in [-0.2, 0) is 5.41 Å². The van der Waals surface area contributed by atoms with E-state index in [-0.39, 0.29) is 5.41 Å². The van der Waals surface area contributed by atoms with Crippen molar-refractivity contribution in [3.05, 3.63) is 138 Å². The zero-order valence-corrected chi connectivity index (χ0v) is 26.4. The minimum absolute atomic E-state index is 0.0302. The van der Waals surface area contributed by atoms with E-state index in [1.54, 1.807) is 0 Å². The van der Waals surface area contributed by atoms with Crippen LogP contribution in [0, 0.1) is 29.1 Å². The number of aromatic nitrogens is 3. The summed E-state index contributed by atoms with van der Waals surface area (Å²) in [5, 5.41) is 9.28. The summed E-state index contributed by atoms with van der Waals surface area (Å²) in [6, 6.07) is 44.4. The summed E-state index contributed by atoms with van der Waals surface area (Å²) in [4.78, 5) is 15.5. The first-order valence-electron chi connectivity index (χ1n) is 16.8. The van der Waals surface area contributed by atoms with Crippen molar-refractivity contribution in [3.63, 3.8) is 0 Å². The van der Waals surface area contributed by atoms with E-state index in [9.17, 15) is 5.26 Å². The molecule has 1 unspecified atom stereocenters. The molecule has 6 aromatic rings. The Hall–Kier alpha value is -5.40. The van der Waals surface area contributed by atoms with Crippen LogP contribution in [-0.4, -0.2) is 15.0 Å². The first-order chi connectivity index (χ1) is 23.1. The second-order valence-electron chi connectivity index (χ2n) is 13.6. The van der Waals surface area contributed by atoms with E-state index in [0.717, 1.165) is 33.7 Å². The number of hydrogen-bond acceptors (Lipinski definition) is 4. The van der Waals surface area contributed by atoms with Gasteiger partial charge in [-0.2, -0.15) is 5.26 Å². The fourth-order valence-electron chi connectivity index (χ4n) is 9.26. The molecule has 0 amide bonds. The molecule has 4 atom stereocenters. The summed E-state index contributed by atoms with van der Waals surface area (Å²) in [6.45, 7) is 2.50. The molecular weight excluding hydrogens is 573 g/mol. The fraction of sp³-hybridized carbons (Fsp3) is 0.209. The van der Waals surface area contributed by atoms with Crippen LogP contribution in [0.15, 0.2) is 121 Å². The Bertz CT molecular complexity index is 2200. The number of hydrogen-bond donors (Lipinski definition) is 0. The number of nitrogens with zero attached hydrogens (tertiary/aromatic N) is 4. The van der Waals surface area contributed by atoms with Crippen LogP contribution in [0.1, 0.15) is 49.3 Å². The van der Waals surface area contributed by atoms with Gasteiger partial charge in [-0.05, 0) is 88.6 Å². The first kappa shape index (κ1) is 27.9. The van der Waals surface area contributed by atoms with Gasteiger partial charge in [-0.3, -0.25) is 0 Å². The molecule has 3 aliphatic carbocycles. The van der Waals surface area contributed by atoms with E-state index in [2.05, 4.69) is 85.8 Å². The number of nitriles is 1. The predicted molar refractivity (Wildman–Crippen MR) is 187 cm³/mol. The molecule has 47 heavy (non-hydrogen) atoms. The van der Waals surface area contributed by atoms with Gasteiger partial charge in [0.15, 0.2) is 17.5 Å². The van der Waals surface area contributed by atoms with Crippen LogP contribution in [0.4, 0.5) is 0 Å². The predicted octanol–water partition coefficient (Wildman–Crippen LogP) is 10.1. The van der Waals surface area contributed by atoms with Gasteiger partial charge in [0.05, 0.1) is 11.6 Å². The topological polar surface area (TPSA) is 62.5 Å². The SMILES string of the molecule is C[C@@H]1C[C@@H]2CC[C@@H](C2)C12c1ccccc1-c1c(-c3nc(-c4ccccc4)nc(-c4cccc(-c5ccc(C#N)cc5)c4)n3)cccc12. The van der Waals surface area contributed by atoms with Crippen molar-refractivity contribution in [2.75, 3.05) is 0 Å². The van der Waals surface area contributed by atoms with Crippen LogP contribution >= 0.6 is 0 Å². The van der Waals surface area contributed by atoms with Gasteiger partial charge < -0.3 is 0 Å². The van der Waals surface area contributed by atoms with Crippen molar-refractivity contribution in [1.82, 2.24) is 15.0 Å². The van der Waals surface area contributed by atoms with Gasteiger partial charge in [0.25, 0.3) is 0 Å². The van der Waals surface area contributed by atoms with Gasteiger partial charge in [-0.1, -0.05) is 116 Å². The van der Waals surface area contributed by atoms with Crippen LogP contribution < -0.4 is 0 Å². The maximum atomic E-state index is 9.28. The molecule has 0 saturated heterocycles. The Kier molecular flexibility index (Phi) is 6.43. The maximum Gasteiger partial charge on any atom is 0.164 e. The Morgan fingerprint density at radius 1 is 0.596 bits per heavy atom. The lowest BCUT2D eigenvalue weighted by molar-refractivity contribution is 0.162. The average molecular weight is 607 g/mol. The molecule has 1 spiro atoms. The van der Waals surface area contributed by atoms with Gasteiger partial charge in [-0.15, -0.1) is 0 Å². The molecular formula is C43H34N4. The van der Waals surface area contributed by atoms with E-state index in [1.165, 1.54) is 47.9 Å². The molecule has 2 saturated carbocycles. The summed E-state index contributed by atoms with van der Waals surface area (Å²) < 4.78 is 0. The summed E-state index contributed by atoms with van der Waals surface area (Å²) in [5.41, 5.74) is 11.3. The van der Waals surface area contributed by atoms with E-state index in [0.29, 0.717) is 34.9 Å². The number of benzene rings is 5. The summed E-state index contributed by atoms with van der Waals surface area (Å²) in [6.07, 6.45) is 5.27. The van der Waals surface area contributed by atoms with Crippen LogP contribution in [0.3, 0.4) is 0 Å². The lowest BCUT2D eigenvalue weighted by Crippen LogP contribution is -2.43. The lowest BCUT2D eigenvalue weighted by atomic mass is 9.56. The van der Waals surface area contributed by atoms with Crippen molar-refractivity contribution in [2.24, 2.45) is 17.8 Å². The molecule has 0 aliphatic heterocycles. The molecule has 1 aromatic heterocycles. The van der Waals surface area contributed by atoms with Crippen LogP contribution in [0.25, 0.3) is 56.4 Å². The van der Waals surface area contributed by atoms with E-state index < -0.39 is 0 Å². The van der Waals surface area contributed by atoms with E-state index in [4.69, 9.17) is 15.0 Å². The summed E-state index contributed by atoms with van der Waals surface area (Å²) in [7, 11) is 0. The van der Waals surface area contributed by atoms with Gasteiger partial charge in [0, 0.05) is 22.1 Å². The third-order valence-corrected chi connectivity index (χ3v) is 11.2. The van der Waals surface area contributed by atoms with Gasteiger partial charge in [-0.25, -0.2) is 15.0 Å². The molecule has 0 radical (unpaired) electrons. The summed E-state index contributed by atoms with van der Waals surface area (Å²) in [5.74, 6) is 4.11. The molecule has 0 N–H and O–H groups in total. The van der Waals surface area contributed by atoms with Gasteiger partial charge in [0.1, 0.15) is 0 Å². The van der Waals surface area contributed by atoms with Crippen LogP contribution in [0.2, 0.25) is 0 Å². The second-order valence-corrected chi connectivity index (χ2v) is 13.6. The quantitative estimate of drug-likeness (QED) is 0.200. The highest BCUT2D eigenvalue weighted by Crippen LogP contribution is 2.65. The monoisotopic (exact) mass is 606 g/mol. The van der Waals surface area contributed by atoms with Crippen molar-refractivity contribution in [2.45, 2.75) is 38.0 Å². The first-order valence-corrected chi connectivity index (χ1v) is 16.8. The zero-order valence-electron chi connectivity index (χ0n) is 26.4. The minimum Gasteiger partial charge on any atom is -0.208 e. The molecule has 9 rings (SSSR count). The standard InChI is InChI=1S/C43H34N4/c1-27-23-29-19-22-34(24-29)43(27)37-15-6-5-13-35(37)39-36(14-8-16-38(39)43)42-46-40(31-9-3-2-4-10-31)45-41(47-42)33-12-7-11-32(25-33)30-20-17-28(26-44)18-21-30/h2-18,20-21,25,27,29,34H,19,22-24H2,1H3/t27-,29+,34+,43?/m1/s1. The largest absolute Gasteiger partial charge is 0.208 e. The normalized spacial score (nSPS) is 22.1. The molecule has 3 aliphatic rings. The third kappa shape index (κ3) is 4.30. The molecule has 4 nitrogen and oxygen atoms in total. The van der Waals surface area contributed by atoms with Crippen molar-refractivity contribution < 1.29 is 0 Å². The molecule has 2 fully saturated rings. The number of fused-ring (bicyclic) bond motifs is 8. The average Bonchev–Trinajstić information content (AvgIpc) is 3.68. The Morgan fingerprint density at radius 3 is 2.09 bits per heavy atom. The molecule has 4 heteroatoms. The van der Waals surface area contributed by atoms with Crippen molar-refractivity contribution in [1.29, 1.82) is 5.26 Å².